The van der Waals surface area contributed by atoms with Gasteiger partial charge in [0.15, 0.2) is 0 Å². The molecule has 1 heterocycles. The Morgan fingerprint density at radius 2 is 1.66 bits per heavy atom. The number of esters is 2. The van der Waals surface area contributed by atoms with Crippen molar-refractivity contribution in [3.63, 3.8) is 0 Å². The van der Waals surface area contributed by atoms with Gasteiger partial charge in [-0.25, -0.2) is 9.59 Å². The van der Waals surface area contributed by atoms with Gasteiger partial charge in [0.2, 0.25) is 11.8 Å². The molecule has 3 aromatic rings. The number of benzene rings is 2. The van der Waals surface area contributed by atoms with Gasteiger partial charge in [-0.1, -0.05) is 35.0 Å². The number of methoxy groups -OCH3 is 2. The molecule has 32 heavy (non-hydrogen) atoms. The van der Waals surface area contributed by atoms with Gasteiger partial charge in [0, 0.05) is 10.7 Å². The molecule has 1 aromatic heterocycles. The van der Waals surface area contributed by atoms with Gasteiger partial charge in [0.05, 0.1) is 41.7 Å². The molecule has 1 N–H and O–H groups in total. The third-order valence-corrected chi connectivity index (χ3v) is 5.32. The molecule has 166 valence electrons. The van der Waals surface area contributed by atoms with Crippen LogP contribution in [0.4, 0.5) is 5.69 Å². The molecule has 0 fully saturated rings. The predicted octanol–water partition coefficient (Wildman–Crippen LogP) is 4.35. The second kappa shape index (κ2) is 10.5. The van der Waals surface area contributed by atoms with Gasteiger partial charge < -0.3 is 19.2 Å². The van der Waals surface area contributed by atoms with Crippen LogP contribution in [0.1, 0.15) is 20.7 Å². The lowest BCUT2D eigenvalue weighted by Gasteiger charge is -2.09. The SMILES string of the molecule is COC(=O)c1cc(NC(=O)CSc2nnc(-c3ccc(Cl)cc3Cl)o2)cc(C(=O)OC)c1. The highest BCUT2D eigenvalue weighted by molar-refractivity contribution is 7.99. The summed E-state index contributed by atoms with van der Waals surface area (Å²) in [5, 5.41) is 11.4. The van der Waals surface area contributed by atoms with E-state index in [1.165, 1.54) is 32.4 Å². The first-order valence-corrected chi connectivity index (χ1v) is 10.6. The zero-order valence-corrected chi connectivity index (χ0v) is 19.0. The van der Waals surface area contributed by atoms with E-state index < -0.39 is 17.8 Å². The van der Waals surface area contributed by atoms with Crippen LogP contribution in [0.5, 0.6) is 0 Å². The molecule has 9 nitrogen and oxygen atoms in total. The topological polar surface area (TPSA) is 121 Å². The first-order valence-electron chi connectivity index (χ1n) is 8.84. The quantitative estimate of drug-likeness (QED) is 0.376. The zero-order valence-electron chi connectivity index (χ0n) is 16.7. The fourth-order valence-electron chi connectivity index (χ4n) is 2.54. The van der Waals surface area contributed by atoms with Crippen LogP contribution in [-0.2, 0) is 14.3 Å². The highest BCUT2D eigenvalue weighted by Crippen LogP contribution is 2.31. The van der Waals surface area contributed by atoms with E-state index in [0.29, 0.717) is 15.6 Å². The smallest absolute Gasteiger partial charge is 0.337 e. The van der Waals surface area contributed by atoms with Crippen LogP contribution in [0, 0.1) is 0 Å². The zero-order chi connectivity index (χ0) is 23.3. The van der Waals surface area contributed by atoms with Crippen LogP contribution in [0.15, 0.2) is 46.0 Å². The van der Waals surface area contributed by atoms with E-state index in [9.17, 15) is 14.4 Å². The molecule has 3 rings (SSSR count). The molecule has 0 bridgehead atoms. The fourth-order valence-corrected chi connectivity index (χ4v) is 3.59. The molecule has 0 saturated carbocycles. The Morgan fingerprint density at radius 1 is 1.00 bits per heavy atom. The number of carbonyl (C=O) groups is 3. The molecule has 0 spiro atoms. The number of hydrogen-bond donors (Lipinski definition) is 1. The summed E-state index contributed by atoms with van der Waals surface area (Å²) in [6.45, 7) is 0. The normalized spacial score (nSPS) is 10.5. The molecule has 2 aromatic carbocycles. The molecule has 0 saturated heterocycles. The van der Waals surface area contributed by atoms with Crippen molar-refractivity contribution in [1.82, 2.24) is 10.2 Å². The van der Waals surface area contributed by atoms with Crippen LogP contribution in [0.25, 0.3) is 11.5 Å². The molecule has 0 aliphatic heterocycles. The van der Waals surface area contributed by atoms with Crippen molar-refractivity contribution in [2.75, 3.05) is 25.3 Å². The number of amides is 1. The maximum Gasteiger partial charge on any atom is 0.337 e. The largest absolute Gasteiger partial charge is 0.465 e. The summed E-state index contributed by atoms with van der Waals surface area (Å²) in [5.41, 5.74) is 0.896. The Morgan fingerprint density at radius 3 is 2.25 bits per heavy atom. The fraction of sp³-hybridized carbons (Fsp3) is 0.150. The van der Waals surface area contributed by atoms with E-state index in [1.54, 1.807) is 18.2 Å². The van der Waals surface area contributed by atoms with Crippen molar-refractivity contribution in [2.45, 2.75) is 5.22 Å². The van der Waals surface area contributed by atoms with Crippen molar-refractivity contribution in [2.24, 2.45) is 0 Å². The van der Waals surface area contributed by atoms with Gasteiger partial charge in [-0.2, -0.15) is 0 Å². The molecule has 0 unspecified atom stereocenters. The predicted molar refractivity (Wildman–Crippen MR) is 118 cm³/mol. The third-order valence-electron chi connectivity index (χ3n) is 3.95. The maximum atomic E-state index is 12.4. The minimum atomic E-state index is -0.667. The lowest BCUT2D eigenvalue weighted by atomic mass is 10.1. The summed E-state index contributed by atoms with van der Waals surface area (Å²) >= 11 is 13.0. The lowest BCUT2D eigenvalue weighted by Crippen LogP contribution is -2.16. The Hall–Kier alpha value is -3.08. The number of nitrogens with one attached hydrogen (secondary N) is 1. The van der Waals surface area contributed by atoms with Crippen molar-refractivity contribution < 1.29 is 28.3 Å². The first-order chi connectivity index (χ1) is 15.3. The van der Waals surface area contributed by atoms with E-state index in [1.807, 2.05) is 0 Å². The molecule has 12 heteroatoms. The number of halogens is 2. The Balaban J connectivity index is 1.68. The van der Waals surface area contributed by atoms with Gasteiger partial charge in [-0.3, -0.25) is 4.79 Å². The molecule has 1 amide bonds. The Labute approximate surface area is 196 Å². The van der Waals surface area contributed by atoms with Crippen molar-refractivity contribution in [3.05, 3.63) is 57.6 Å². The number of carbonyl (C=O) groups excluding carboxylic acids is 3. The highest BCUT2D eigenvalue weighted by Gasteiger charge is 2.17. The van der Waals surface area contributed by atoms with E-state index in [2.05, 4.69) is 25.0 Å². The van der Waals surface area contributed by atoms with Gasteiger partial charge in [0.1, 0.15) is 0 Å². The van der Waals surface area contributed by atoms with E-state index in [4.69, 9.17) is 27.6 Å². The van der Waals surface area contributed by atoms with Gasteiger partial charge >= 0.3 is 11.9 Å². The molecule has 0 aliphatic carbocycles. The molecule has 0 aliphatic rings. The van der Waals surface area contributed by atoms with Crippen LogP contribution in [-0.4, -0.2) is 48.0 Å². The number of anilines is 1. The first kappa shape index (κ1) is 23.6. The minimum Gasteiger partial charge on any atom is -0.465 e. The van der Waals surface area contributed by atoms with Gasteiger partial charge in [-0.05, 0) is 36.4 Å². The van der Waals surface area contributed by atoms with Crippen molar-refractivity contribution >= 4 is 58.5 Å². The number of rotatable bonds is 7. The maximum absolute atomic E-state index is 12.4. The number of aromatic nitrogens is 2. The van der Waals surface area contributed by atoms with E-state index in [0.717, 1.165) is 11.8 Å². The van der Waals surface area contributed by atoms with Crippen LogP contribution in [0.3, 0.4) is 0 Å². The van der Waals surface area contributed by atoms with Crippen LogP contribution >= 0.6 is 35.0 Å². The average molecular weight is 496 g/mol. The number of thioether (sulfide) groups is 1. The van der Waals surface area contributed by atoms with Crippen molar-refractivity contribution in [1.29, 1.82) is 0 Å². The molecular weight excluding hydrogens is 481 g/mol. The summed E-state index contributed by atoms with van der Waals surface area (Å²) in [6, 6.07) is 8.91. The second-order valence-electron chi connectivity index (χ2n) is 6.12. The monoisotopic (exact) mass is 495 g/mol. The second-order valence-corrected chi connectivity index (χ2v) is 7.89. The summed E-state index contributed by atoms with van der Waals surface area (Å²) < 4.78 is 14.9. The Kier molecular flexibility index (Phi) is 7.73. The summed E-state index contributed by atoms with van der Waals surface area (Å²) in [5.74, 6) is -1.66. The number of ether oxygens (including phenoxy) is 2. The van der Waals surface area contributed by atoms with Crippen molar-refractivity contribution in [3.8, 4) is 11.5 Å². The number of hydrogen-bond acceptors (Lipinski definition) is 9. The van der Waals surface area contributed by atoms with Crippen LogP contribution < -0.4 is 5.32 Å². The highest BCUT2D eigenvalue weighted by atomic mass is 35.5. The summed E-state index contributed by atoms with van der Waals surface area (Å²) in [6.07, 6.45) is 0. The lowest BCUT2D eigenvalue weighted by molar-refractivity contribution is -0.113. The summed E-state index contributed by atoms with van der Waals surface area (Å²) in [7, 11) is 2.41. The van der Waals surface area contributed by atoms with E-state index >= 15 is 0 Å². The molecule has 0 radical (unpaired) electrons. The van der Waals surface area contributed by atoms with Gasteiger partial charge in [0.25, 0.3) is 5.22 Å². The van der Waals surface area contributed by atoms with Crippen LogP contribution in [0.2, 0.25) is 10.0 Å². The Bertz CT molecular complexity index is 1150. The van der Waals surface area contributed by atoms with Gasteiger partial charge in [-0.15, -0.1) is 10.2 Å². The third kappa shape index (κ3) is 5.78. The number of nitrogens with zero attached hydrogens (tertiary/aromatic N) is 2. The minimum absolute atomic E-state index is 0.0774. The molecular formula is C20H15Cl2N3O6S. The standard InChI is InChI=1S/C20H15Cl2N3O6S/c1-29-18(27)10-5-11(19(28)30-2)7-13(6-10)23-16(26)9-32-20-25-24-17(31-20)14-4-3-12(21)8-15(14)22/h3-8H,9H2,1-2H3,(H,23,26). The molecule has 0 atom stereocenters. The van der Waals surface area contributed by atoms with E-state index in [-0.39, 0.29) is 33.7 Å². The summed E-state index contributed by atoms with van der Waals surface area (Å²) in [4.78, 5) is 36.1. The average Bonchev–Trinajstić information content (AvgIpc) is 3.25.